The molecule has 1 heterocycles. The van der Waals surface area contributed by atoms with Crippen molar-refractivity contribution in [3.63, 3.8) is 0 Å². The first kappa shape index (κ1) is 16.7. The molecular formula is C18H24O4. The third-order valence-electron chi connectivity index (χ3n) is 3.49. The van der Waals surface area contributed by atoms with Crippen LogP contribution in [0.1, 0.15) is 36.9 Å². The van der Waals surface area contributed by atoms with Crippen molar-refractivity contribution >= 4 is 16.8 Å². The Kier molecular flexibility index (Phi) is 5.37. The van der Waals surface area contributed by atoms with Gasteiger partial charge in [-0.1, -0.05) is 19.9 Å². The average molecular weight is 304 g/mol. The van der Waals surface area contributed by atoms with Crippen molar-refractivity contribution in [2.24, 2.45) is 5.41 Å². The molecule has 2 rings (SSSR count). The van der Waals surface area contributed by atoms with E-state index in [1.165, 1.54) is 12.5 Å². The maximum atomic E-state index is 11.3. The van der Waals surface area contributed by atoms with Crippen LogP contribution in [0.2, 0.25) is 0 Å². The molecule has 0 radical (unpaired) electrons. The van der Waals surface area contributed by atoms with E-state index in [2.05, 4.69) is 19.9 Å². The Morgan fingerprint density at radius 3 is 2.68 bits per heavy atom. The van der Waals surface area contributed by atoms with Crippen LogP contribution in [0.5, 0.6) is 0 Å². The fraction of sp³-hybridized carbons (Fsp3) is 0.500. The molecule has 22 heavy (non-hydrogen) atoms. The molecule has 0 fully saturated rings. The van der Waals surface area contributed by atoms with Gasteiger partial charge in [-0.2, -0.15) is 0 Å². The summed E-state index contributed by atoms with van der Waals surface area (Å²) in [4.78, 5) is 11.3. The van der Waals surface area contributed by atoms with E-state index in [1.54, 1.807) is 13.2 Å². The van der Waals surface area contributed by atoms with Crippen LogP contribution in [0.4, 0.5) is 0 Å². The Bertz CT molecular complexity index is 640. The number of rotatable bonds is 8. The quantitative estimate of drug-likeness (QED) is 0.549. The van der Waals surface area contributed by atoms with E-state index >= 15 is 0 Å². The zero-order chi connectivity index (χ0) is 16.2. The largest absolute Gasteiger partial charge is 0.453 e. The van der Waals surface area contributed by atoms with Gasteiger partial charge in [-0.05, 0) is 30.2 Å². The van der Waals surface area contributed by atoms with Crippen molar-refractivity contribution in [3.8, 4) is 0 Å². The summed E-state index contributed by atoms with van der Waals surface area (Å²) in [7, 11) is 1.71. The Balaban J connectivity index is 1.91. The molecule has 0 amide bonds. The summed E-state index contributed by atoms with van der Waals surface area (Å²) in [6.07, 6.45) is 0.833. The molecule has 0 saturated carbocycles. The monoisotopic (exact) mass is 304 g/mol. The Morgan fingerprint density at radius 2 is 2.00 bits per heavy atom. The van der Waals surface area contributed by atoms with Crippen LogP contribution in [-0.4, -0.2) is 32.7 Å². The summed E-state index contributed by atoms with van der Waals surface area (Å²) in [5.74, 6) is 0.353. The van der Waals surface area contributed by atoms with Crippen molar-refractivity contribution in [1.82, 2.24) is 0 Å². The molecule has 0 atom stereocenters. The van der Waals surface area contributed by atoms with Gasteiger partial charge in [0.1, 0.15) is 5.58 Å². The maximum absolute atomic E-state index is 11.3. The highest BCUT2D eigenvalue weighted by Crippen LogP contribution is 2.22. The van der Waals surface area contributed by atoms with Crippen molar-refractivity contribution in [2.75, 3.05) is 26.9 Å². The van der Waals surface area contributed by atoms with Gasteiger partial charge in [0.15, 0.2) is 11.5 Å². The van der Waals surface area contributed by atoms with Crippen LogP contribution in [0.3, 0.4) is 0 Å². The third-order valence-corrected chi connectivity index (χ3v) is 3.49. The summed E-state index contributed by atoms with van der Waals surface area (Å²) in [6.45, 7) is 7.77. The van der Waals surface area contributed by atoms with E-state index in [0.717, 1.165) is 17.4 Å². The zero-order valence-corrected chi connectivity index (χ0v) is 13.8. The fourth-order valence-corrected chi connectivity index (χ4v) is 2.39. The molecule has 0 aliphatic carbocycles. The molecule has 0 spiro atoms. The van der Waals surface area contributed by atoms with Crippen molar-refractivity contribution in [1.29, 1.82) is 0 Å². The van der Waals surface area contributed by atoms with Gasteiger partial charge in [0.2, 0.25) is 0 Å². The predicted molar refractivity (Wildman–Crippen MR) is 86.4 cm³/mol. The molecule has 0 aliphatic heterocycles. The van der Waals surface area contributed by atoms with E-state index in [-0.39, 0.29) is 11.2 Å². The van der Waals surface area contributed by atoms with Crippen molar-refractivity contribution in [2.45, 2.75) is 27.2 Å². The zero-order valence-electron chi connectivity index (χ0n) is 13.8. The van der Waals surface area contributed by atoms with Gasteiger partial charge in [0.05, 0.1) is 19.8 Å². The van der Waals surface area contributed by atoms with Crippen LogP contribution in [0.25, 0.3) is 11.0 Å². The minimum Gasteiger partial charge on any atom is -0.453 e. The number of carbonyl (C=O) groups is 1. The second kappa shape index (κ2) is 7.07. The first-order chi connectivity index (χ1) is 10.4. The number of hydrogen-bond acceptors (Lipinski definition) is 4. The molecule has 120 valence electrons. The first-order valence-corrected chi connectivity index (χ1v) is 7.51. The molecule has 0 saturated heterocycles. The highest BCUT2D eigenvalue weighted by atomic mass is 16.5. The molecule has 1 aromatic heterocycles. The number of Topliss-reactive ketones (excluding diaryl/α,β-unsaturated/α-hetero) is 1. The van der Waals surface area contributed by atoms with Crippen molar-refractivity contribution in [3.05, 3.63) is 35.6 Å². The average Bonchev–Trinajstić information content (AvgIpc) is 2.87. The van der Waals surface area contributed by atoms with Gasteiger partial charge in [-0.15, -0.1) is 0 Å². The minimum absolute atomic E-state index is 0.0274. The normalized spacial score (nSPS) is 12.0. The summed E-state index contributed by atoms with van der Waals surface area (Å²) < 4.78 is 16.4. The number of ether oxygens (including phenoxy) is 2. The molecule has 4 nitrogen and oxygen atoms in total. The smallest absolute Gasteiger partial charge is 0.194 e. The summed E-state index contributed by atoms with van der Waals surface area (Å²) in [5, 5.41) is 0.961. The minimum atomic E-state index is -0.0542. The number of methoxy groups -OCH3 is 1. The fourth-order valence-electron chi connectivity index (χ4n) is 2.39. The summed E-state index contributed by atoms with van der Waals surface area (Å²) in [5.41, 5.74) is 1.95. The van der Waals surface area contributed by atoms with E-state index in [1.807, 2.05) is 12.1 Å². The lowest BCUT2D eigenvalue weighted by atomic mass is 9.96. The second-order valence-corrected chi connectivity index (χ2v) is 6.44. The summed E-state index contributed by atoms with van der Waals surface area (Å²) >= 11 is 0. The van der Waals surface area contributed by atoms with E-state index in [0.29, 0.717) is 25.6 Å². The highest BCUT2D eigenvalue weighted by molar-refractivity contribution is 5.96. The van der Waals surface area contributed by atoms with Crippen LogP contribution in [0.15, 0.2) is 28.7 Å². The van der Waals surface area contributed by atoms with Gasteiger partial charge in [0, 0.05) is 24.8 Å². The van der Waals surface area contributed by atoms with Gasteiger partial charge in [0.25, 0.3) is 0 Å². The van der Waals surface area contributed by atoms with Crippen LogP contribution < -0.4 is 0 Å². The predicted octanol–water partition coefficient (Wildman–Crippen LogP) is 3.87. The first-order valence-electron chi connectivity index (χ1n) is 7.51. The molecule has 0 bridgehead atoms. The van der Waals surface area contributed by atoms with Gasteiger partial charge < -0.3 is 13.9 Å². The molecule has 1 aromatic carbocycles. The highest BCUT2D eigenvalue weighted by Gasteiger charge is 2.17. The number of hydrogen-bond donors (Lipinski definition) is 0. The molecule has 0 N–H and O–H groups in total. The third kappa shape index (κ3) is 4.42. The molecule has 2 aromatic rings. The van der Waals surface area contributed by atoms with Crippen LogP contribution >= 0.6 is 0 Å². The van der Waals surface area contributed by atoms with Crippen molar-refractivity contribution < 1.29 is 18.7 Å². The number of furan rings is 1. The number of benzene rings is 1. The second-order valence-electron chi connectivity index (χ2n) is 6.44. The maximum Gasteiger partial charge on any atom is 0.194 e. The number of carbonyl (C=O) groups excluding carboxylic acids is 1. The standard InChI is InChI=1S/C18H24O4/c1-13(19)17-10-15-9-14(5-6-16(15)22-17)7-8-21-12-18(2,3)11-20-4/h5-6,9-10H,7-8,11-12H2,1-4H3. The lowest BCUT2D eigenvalue weighted by Gasteiger charge is -2.23. The SMILES string of the molecule is COCC(C)(C)COCCc1ccc2oc(C(C)=O)cc2c1. The molecule has 0 aliphatic rings. The Morgan fingerprint density at radius 1 is 1.23 bits per heavy atom. The molecular weight excluding hydrogens is 280 g/mol. The summed E-state index contributed by atoms with van der Waals surface area (Å²) in [6, 6.07) is 7.77. The van der Waals surface area contributed by atoms with E-state index in [9.17, 15) is 4.79 Å². The van der Waals surface area contributed by atoms with Crippen LogP contribution in [-0.2, 0) is 15.9 Å². The number of ketones is 1. The van der Waals surface area contributed by atoms with Gasteiger partial charge >= 0.3 is 0 Å². The Hall–Kier alpha value is -1.65. The van der Waals surface area contributed by atoms with E-state index < -0.39 is 0 Å². The van der Waals surface area contributed by atoms with Gasteiger partial charge in [-0.25, -0.2) is 0 Å². The van der Waals surface area contributed by atoms with Gasteiger partial charge in [-0.3, -0.25) is 4.79 Å². The van der Waals surface area contributed by atoms with E-state index in [4.69, 9.17) is 13.9 Å². The lowest BCUT2D eigenvalue weighted by Crippen LogP contribution is -2.25. The molecule has 4 heteroatoms. The topological polar surface area (TPSA) is 48.7 Å². The molecule has 0 unspecified atom stereocenters. The lowest BCUT2D eigenvalue weighted by molar-refractivity contribution is 0.0138. The Labute approximate surface area is 131 Å². The number of fused-ring (bicyclic) bond motifs is 1. The van der Waals surface area contributed by atoms with Crippen LogP contribution in [0, 0.1) is 5.41 Å².